The third-order valence-corrected chi connectivity index (χ3v) is 7.02. The van der Waals surface area contributed by atoms with E-state index in [2.05, 4.69) is 19.9 Å². The fourth-order valence-electron chi connectivity index (χ4n) is 4.98. The molecule has 0 saturated carbocycles. The first-order chi connectivity index (χ1) is 17.9. The van der Waals surface area contributed by atoms with Crippen molar-refractivity contribution in [3.63, 3.8) is 0 Å². The molecule has 2 aromatic carbocycles. The second-order valence-corrected chi connectivity index (χ2v) is 9.33. The van der Waals surface area contributed by atoms with Gasteiger partial charge in [0, 0.05) is 51.1 Å². The predicted octanol–water partition coefficient (Wildman–Crippen LogP) is 4.24. The van der Waals surface area contributed by atoms with Gasteiger partial charge in [-0.25, -0.2) is 23.7 Å². The Kier molecular flexibility index (Phi) is 5.58. The summed E-state index contributed by atoms with van der Waals surface area (Å²) in [4.78, 5) is 33.9. The van der Waals surface area contributed by atoms with E-state index in [4.69, 9.17) is 4.98 Å². The zero-order valence-electron chi connectivity index (χ0n) is 20.4. The number of carbonyl (C=O) groups excluding carboxylic acids is 1. The highest BCUT2D eigenvalue weighted by atomic mass is 19.1. The van der Waals surface area contributed by atoms with Crippen LogP contribution in [0.4, 0.5) is 14.6 Å². The summed E-state index contributed by atoms with van der Waals surface area (Å²) >= 11 is 0. The van der Waals surface area contributed by atoms with Crippen LogP contribution in [0.25, 0.3) is 22.1 Å². The quantitative estimate of drug-likeness (QED) is 0.398. The molecule has 1 atom stereocenters. The molecule has 1 fully saturated rings. The molecule has 0 radical (unpaired) electrons. The zero-order chi connectivity index (χ0) is 25.7. The molecular weight excluding hydrogens is 476 g/mol. The summed E-state index contributed by atoms with van der Waals surface area (Å²) in [5.41, 5.74) is 2.55. The van der Waals surface area contributed by atoms with E-state index in [1.165, 1.54) is 6.07 Å². The molecule has 37 heavy (non-hydrogen) atoms. The van der Waals surface area contributed by atoms with Gasteiger partial charge in [0.05, 0.1) is 22.5 Å². The molecule has 10 heteroatoms. The van der Waals surface area contributed by atoms with Gasteiger partial charge in [-0.3, -0.25) is 4.79 Å². The summed E-state index contributed by atoms with van der Waals surface area (Å²) in [7, 11) is 1.88. The Morgan fingerprint density at radius 2 is 1.84 bits per heavy atom. The molecule has 1 amide bonds. The second-order valence-electron chi connectivity index (χ2n) is 9.33. The first-order valence-corrected chi connectivity index (χ1v) is 12.2. The number of nitrogens with zero attached hydrogens (tertiary/aromatic N) is 6. The fraction of sp³-hybridized carbons (Fsp3) is 0.259. The molecule has 6 rings (SSSR count). The van der Waals surface area contributed by atoms with Gasteiger partial charge in [0.25, 0.3) is 5.91 Å². The molecule has 1 aliphatic rings. The van der Waals surface area contributed by atoms with E-state index in [9.17, 15) is 13.6 Å². The number of benzene rings is 2. The number of H-pyrrole nitrogens is 1. The number of piperazine rings is 1. The van der Waals surface area contributed by atoms with Crippen LogP contribution in [0.3, 0.4) is 0 Å². The lowest BCUT2D eigenvalue weighted by molar-refractivity contribution is 0.0746. The highest BCUT2D eigenvalue weighted by molar-refractivity contribution is 5.97. The average molecular weight is 502 g/mol. The molecule has 1 N–H and O–H groups in total. The maximum atomic E-state index is 14.2. The van der Waals surface area contributed by atoms with Crippen LogP contribution in [-0.4, -0.2) is 61.5 Å². The van der Waals surface area contributed by atoms with Gasteiger partial charge in [-0.05, 0) is 43.3 Å². The monoisotopic (exact) mass is 501 g/mol. The number of nitrogens with one attached hydrogen (secondary N) is 1. The molecule has 0 bridgehead atoms. The third-order valence-electron chi connectivity index (χ3n) is 7.02. The lowest BCUT2D eigenvalue weighted by atomic mass is 10.1. The molecular formula is C27H25F2N7O. The van der Waals surface area contributed by atoms with Crippen LogP contribution in [0, 0.1) is 11.6 Å². The summed E-state index contributed by atoms with van der Waals surface area (Å²) in [5, 5.41) is 0. The highest BCUT2D eigenvalue weighted by Crippen LogP contribution is 2.28. The molecule has 5 aromatic rings. The SMILES string of the molecule is CC(c1nc2c(F)cc(F)cc2[nH]1)c1nc2ccc(C(=O)N3CCN(c4ccccn4)CC3)cc2n1C. The summed E-state index contributed by atoms with van der Waals surface area (Å²) in [6.07, 6.45) is 1.78. The van der Waals surface area contributed by atoms with E-state index in [-0.39, 0.29) is 17.3 Å². The number of aromatic amines is 1. The number of rotatable bonds is 4. The summed E-state index contributed by atoms with van der Waals surface area (Å²) in [6, 6.07) is 13.4. The number of halogens is 2. The molecule has 188 valence electrons. The fourth-order valence-corrected chi connectivity index (χ4v) is 4.98. The third kappa shape index (κ3) is 4.08. The number of fused-ring (bicyclic) bond motifs is 2. The Morgan fingerprint density at radius 3 is 2.59 bits per heavy atom. The first-order valence-electron chi connectivity index (χ1n) is 12.2. The topological polar surface area (TPSA) is 82.9 Å². The van der Waals surface area contributed by atoms with Crippen molar-refractivity contribution < 1.29 is 13.6 Å². The van der Waals surface area contributed by atoms with Crippen molar-refractivity contribution in [1.82, 2.24) is 29.4 Å². The number of amides is 1. The molecule has 1 saturated heterocycles. The van der Waals surface area contributed by atoms with Gasteiger partial charge in [0.15, 0.2) is 5.82 Å². The van der Waals surface area contributed by atoms with Gasteiger partial charge >= 0.3 is 0 Å². The van der Waals surface area contributed by atoms with Crippen molar-refractivity contribution in [2.75, 3.05) is 31.1 Å². The number of aryl methyl sites for hydroxylation is 1. The Labute approximate surface area is 211 Å². The minimum Gasteiger partial charge on any atom is -0.353 e. The van der Waals surface area contributed by atoms with Crippen LogP contribution in [0.1, 0.15) is 34.8 Å². The molecule has 1 aliphatic heterocycles. The summed E-state index contributed by atoms with van der Waals surface area (Å²) in [5.74, 6) is 0.400. The predicted molar refractivity (Wildman–Crippen MR) is 137 cm³/mol. The molecule has 4 heterocycles. The number of pyridine rings is 1. The van der Waals surface area contributed by atoms with Crippen LogP contribution in [0.15, 0.2) is 54.7 Å². The first kappa shape index (κ1) is 23.1. The molecule has 3 aromatic heterocycles. The Balaban J connectivity index is 1.24. The smallest absolute Gasteiger partial charge is 0.254 e. The van der Waals surface area contributed by atoms with E-state index in [0.29, 0.717) is 35.8 Å². The maximum absolute atomic E-state index is 14.2. The van der Waals surface area contributed by atoms with Crippen molar-refractivity contribution in [1.29, 1.82) is 0 Å². The second kappa shape index (κ2) is 8.95. The number of hydrogen-bond donors (Lipinski definition) is 1. The Bertz CT molecular complexity index is 1620. The summed E-state index contributed by atoms with van der Waals surface area (Å²) < 4.78 is 29.7. The summed E-state index contributed by atoms with van der Waals surface area (Å²) in [6.45, 7) is 4.58. The Hall–Kier alpha value is -4.34. The minimum atomic E-state index is -0.710. The van der Waals surface area contributed by atoms with E-state index >= 15 is 0 Å². The van der Waals surface area contributed by atoms with Crippen LogP contribution < -0.4 is 4.90 Å². The molecule has 0 aliphatic carbocycles. The molecule has 1 unspecified atom stereocenters. The van der Waals surface area contributed by atoms with Gasteiger partial charge in [0.2, 0.25) is 0 Å². The van der Waals surface area contributed by atoms with E-state index < -0.39 is 11.6 Å². The van der Waals surface area contributed by atoms with Crippen molar-refractivity contribution in [3.05, 3.63) is 83.6 Å². The van der Waals surface area contributed by atoms with Crippen LogP contribution in [0.5, 0.6) is 0 Å². The lowest BCUT2D eigenvalue weighted by Crippen LogP contribution is -2.49. The van der Waals surface area contributed by atoms with Crippen LogP contribution >= 0.6 is 0 Å². The van der Waals surface area contributed by atoms with Gasteiger partial charge < -0.3 is 19.4 Å². The molecule has 0 spiro atoms. The van der Waals surface area contributed by atoms with Crippen LogP contribution in [0.2, 0.25) is 0 Å². The average Bonchev–Trinajstić information content (AvgIpc) is 3.50. The standard InChI is InChI=1S/C27H25F2N7O/c1-16(25-31-21-15-18(28)14-19(29)24(21)33-25)26-32-20-7-6-17(13-22(20)34(26)2)27(37)36-11-9-35(10-12-36)23-5-3-4-8-30-23/h3-8,13-16H,9-12H2,1-2H3,(H,31,33). The Morgan fingerprint density at radius 1 is 1.03 bits per heavy atom. The number of carbonyl (C=O) groups is 1. The van der Waals surface area contributed by atoms with Gasteiger partial charge in [-0.2, -0.15) is 0 Å². The number of hydrogen-bond acceptors (Lipinski definition) is 5. The number of anilines is 1. The van der Waals surface area contributed by atoms with Crippen molar-refractivity contribution in [2.45, 2.75) is 12.8 Å². The zero-order valence-corrected chi connectivity index (χ0v) is 20.4. The van der Waals surface area contributed by atoms with Gasteiger partial charge in [0.1, 0.15) is 28.8 Å². The van der Waals surface area contributed by atoms with Gasteiger partial charge in [-0.1, -0.05) is 6.07 Å². The van der Waals surface area contributed by atoms with Crippen molar-refractivity contribution >= 4 is 33.8 Å². The van der Waals surface area contributed by atoms with Crippen molar-refractivity contribution in [3.8, 4) is 0 Å². The van der Waals surface area contributed by atoms with Crippen molar-refractivity contribution in [2.24, 2.45) is 7.05 Å². The number of aromatic nitrogens is 5. The van der Waals surface area contributed by atoms with E-state index in [1.54, 1.807) is 12.3 Å². The highest BCUT2D eigenvalue weighted by Gasteiger charge is 2.25. The molecule has 8 nitrogen and oxygen atoms in total. The lowest BCUT2D eigenvalue weighted by Gasteiger charge is -2.35. The van der Waals surface area contributed by atoms with E-state index in [1.807, 2.05) is 53.8 Å². The van der Waals surface area contributed by atoms with Gasteiger partial charge in [-0.15, -0.1) is 0 Å². The van der Waals surface area contributed by atoms with Crippen LogP contribution in [-0.2, 0) is 7.05 Å². The normalized spacial score (nSPS) is 15.0. The van der Waals surface area contributed by atoms with E-state index in [0.717, 1.165) is 36.0 Å². The minimum absolute atomic E-state index is 0.0202. The largest absolute Gasteiger partial charge is 0.353 e. The maximum Gasteiger partial charge on any atom is 0.254 e. The number of imidazole rings is 2.